The first-order valence-corrected chi connectivity index (χ1v) is 3.37. The predicted molar refractivity (Wildman–Crippen MR) is 40.6 cm³/mol. The molecule has 0 aliphatic carbocycles. The first-order valence-electron chi connectivity index (χ1n) is 3.37. The van der Waals surface area contributed by atoms with Gasteiger partial charge in [-0.2, -0.15) is 0 Å². The summed E-state index contributed by atoms with van der Waals surface area (Å²) in [6, 6.07) is 1.93. The van der Waals surface area contributed by atoms with Gasteiger partial charge in [0.2, 0.25) is 0 Å². The molecule has 0 aromatic carbocycles. The average molecular weight is 134 g/mol. The number of furan rings is 1. The molecule has 1 rings (SSSR count). The van der Waals surface area contributed by atoms with E-state index in [-0.39, 0.29) is 0 Å². The first-order chi connectivity index (χ1) is 4.83. The van der Waals surface area contributed by atoms with Crippen LogP contribution in [-0.4, -0.2) is 0 Å². The van der Waals surface area contributed by atoms with E-state index in [1.165, 1.54) is 0 Å². The topological polar surface area (TPSA) is 13.1 Å². The van der Waals surface area contributed by atoms with Gasteiger partial charge in [-0.1, -0.05) is 12.8 Å². The summed E-state index contributed by atoms with van der Waals surface area (Å²) in [6.45, 7) is 4.00. The first kappa shape index (κ1) is 6.95. The molecule has 0 unspecified atom stereocenters. The third kappa shape index (κ3) is 1.66. The Bertz CT molecular complexity index is 260. The lowest BCUT2D eigenvalue weighted by Gasteiger charge is -1.74. The fourth-order valence-electron chi connectivity index (χ4n) is 0.672. The van der Waals surface area contributed by atoms with Crippen molar-refractivity contribution in [3.63, 3.8) is 0 Å². The van der Waals surface area contributed by atoms with Crippen LogP contribution in [0.15, 0.2) is 16.7 Å². The second-order valence-electron chi connectivity index (χ2n) is 2.14. The van der Waals surface area contributed by atoms with E-state index in [9.17, 15) is 0 Å². The van der Waals surface area contributed by atoms with E-state index in [0.29, 0.717) is 0 Å². The van der Waals surface area contributed by atoms with Crippen molar-refractivity contribution < 1.29 is 4.42 Å². The molecule has 0 aliphatic rings. The van der Waals surface area contributed by atoms with E-state index >= 15 is 0 Å². The molecule has 1 aromatic heterocycles. The van der Waals surface area contributed by atoms with Gasteiger partial charge in [0, 0.05) is 6.42 Å². The molecule has 0 atom stereocenters. The number of rotatable bonds is 0. The summed E-state index contributed by atoms with van der Waals surface area (Å²) < 4.78 is 5.09. The van der Waals surface area contributed by atoms with Crippen LogP contribution < -0.4 is 0 Å². The van der Waals surface area contributed by atoms with Crippen LogP contribution in [0.4, 0.5) is 0 Å². The van der Waals surface area contributed by atoms with Crippen molar-refractivity contribution in [2.75, 3.05) is 0 Å². The van der Waals surface area contributed by atoms with Crippen molar-refractivity contribution in [3.8, 4) is 11.8 Å². The molecule has 10 heavy (non-hydrogen) atoms. The Hall–Kier alpha value is -1.16. The monoisotopic (exact) mass is 134 g/mol. The Morgan fingerprint density at radius 2 is 2.40 bits per heavy atom. The van der Waals surface area contributed by atoms with Gasteiger partial charge in [0.25, 0.3) is 0 Å². The maximum atomic E-state index is 5.09. The van der Waals surface area contributed by atoms with Crippen LogP contribution in [0.5, 0.6) is 0 Å². The molecule has 1 nitrogen and oxygen atoms in total. The van der Waals surface area contributed by atoms with Crippen molar-refractivity contribution in [3.05, 3.63) is 23.7 Å². The molecule has 0 bridgehead atoms. The molecule has 0 N–H and O–H groups in total. The van der Waals surface area contributed by atoms with Gasteiger partial charge in [0.1, 0.15) is 0 Å². The van der Waals surface area contributed by atoms with Crippen LogP contribution in [0.3, 0.4) is 0 Å². The van der Waals surface area contributed by atoms with Crippen molar-refractivity contribution in [2.24, 2.45) is 0 Å². The maximum absolute atomic E-state index is 5.09. The summed E-state index contributed by atoms with van der Waals surface area (Å²) in [7, 11) is 0. The van der Waals surface area contributed by atoms with E-state index in [1.807, 2.05) is 19.9 Å². The lowest BCUT2D eigenvalue weighted by Crippen LogP contribution is -1.62. The minimum atomic E-state index is 0.763. The Labute approximate surface area is 61.0 Å². The van der Waals surface area contributed by atoms with Gasteiger partial charge >= 0.3 is 0 Å². The third-order valence-corrected chi connectivity index (χ3v) is 1.12. The third-order valence-electron chi connectivity index (χ3n) is 1.12. The summed E-state index contributed by atoms with van der Waals surface area (Å²) in [5, 5.41) is 0. The molecular formula is C9H10O. The minimum absolute atomic E-state index is 0.763. The molecule has 0 spiro atoms. The van der Waals surface area contributed by atoms with E-state index in [1.54, 1.807) is 6.26 Å². The summed E-state index contributed by atoms with van der Waals surface area (Å²) >= 11 is 0. The SMILES string of the molecule is CCC#Cc1cc(C)co1. The normalized spacial score (nSPS) is 8.60. The van der Waals surface area contributed by atoms with Gasteiger partial charge in [-0.25, -0.2) is 0 Å². The molecule has 0 aliphatic heterocycles. The summed E-state index contributed by atoms with van der Waals surface area (Å²) in [5.74, 6) is 6.60. The van der Waals surface area contributed by atoms with Crippen LogP contribution in [0.1, 0.15) is 24.7 Å². The highest BCUT2D eigenvalue weighted by molar-refractivity contribution is 5.27. The Morgan fingerprint density at radius 3 is 2.90 bits per heavy atom. The lowest BCUT2D eigenvalue weighted by molar-refractivity contribution is 0.552. The zero-order valence-electron chi connectivity index (χ0n) is 6.27. The van der Waals surface area contributed by atoms with Crippen molar-refractivity contribution in [1.82, 2.24) is 0 Å². The summed E-state index contributed by atoms with van der Waals surface area (Å²) in [5.41, 5.74) is 1.13. The molecule has 0 saturated carbocycles. The van der Waals surface area contributed by atoms with E-state index in [2.05, 4.69) is 11.8 Å². The lowest BCUT2D eigenvalue weighted by atomic mass is 10.3. The van der Waals surface area contributed by atoms with Crippen molar-refractivity contribution >= 4 is 0 Å². The number of hydrogen-bond donors (Lipinski definition) is 0. The molecular weight excluding hydrogens is 124 g/mol. The van der Waals surface area contributed by atoms with Gasteiger partial charge in [0.15, 0.2) is 5.76 Å². The largest absolute Gasteiger partial charge is 0.456 e. The van der Waals surface area contributed by atoms with E-state index in [4.69, 9.17) is 4.42 Å². The van der Waals surface area contributed by atoms with Gasteiger partial charge < -0.3 is 4.42 Å². The van der Waals surface area contributed by atoms with Crippen LogP contribution >= 0.6 is 0 Å². The van der Waals surface area contributed by atoms with E-state index < -0.39 is 0 Å². The zero-order chi connectivity index (χ0) is 7.40. The molecule has 52 valence electrons. The van der Waals surface area contributed by atoms with Crippen molar-refractivity contribution in [1.29, 1.82) is 0 Å². The highest BCUT2D eigenvalue weighted by atomic mass is 16.3. The number of hydrogen-bond acceptors (Lipinski definition) is 1. The maximum Gasteiger partial charge on any atom is 0.176 e. The standard InChI is InChI=1S/C9H10O/c1-3-4-5-9-6-8(2)7-10-9/h6-7H,3H2,1-2H3. The fraction of sp³-hybridized carbons (Fsp3) is 0.333. The quantitative estimate of drug-likeness (QED) is 0.496. The van der Waals surface area contributed by atoms with Crippen LogP contribution in [0, 0.1) is 18.8 Å². The van der Waals surface area contributed by atoms with E-state index in [0.717, 1.165) is 17.7 Å². The Kier molecular flexibility index (Phi) is 2.17. The highest BCUT2D eigenvalue weighted by Gasteiger charge is 1.90. The predicted octanol–water partition coefficient (Wildman–Crippen LogP) is 2.35. The van der Waals surface area contributed by atoms with Crippen LogP contribution in [-0.2, 0) is 0 Å². The molecule has 0 saturated heterocycles. The van der Waals surface area contributed by atoms with Crippen LogP contribution in [0.25, 0.3) is 0 Å². The Balaban J connectivity index is 2.76. The second-order valence-corrected chi connectivity index (χ2v) is 2.14. The molecule has 1 heterocycles. The highest BCUT2D eigenvalue weighted by Crippen LogP contribution is 2.03. The van der Waals surface area contributed by atoms with Gasteiger partial charge in [0.05, 0.1) is 6.26 Å². The molecule has 0 amide bonds. The minimum Gasteiger partial charge on any atom is -0.456 e. The molecule has 1 aromatic rings. The second kappa shape index (κ2) is 3.12. The smallest absolute Gasteiger partial charge is 0.176 e. The molecule has 0 radical (unpaired) electrons. The van der Waals surface area contributed by atoms with Gasteiger partial charge in [-0.15, -0.1) is 0 Å². The average Bonchev–Trinajstić information content (AvgIpc) is 2.31. The zero-order valence-corrected chi connectivity index (χ0v) is 6.27. The molecule has 1 heteroatoms. The van der Waals surface area contributed by atoms with Gasteiger partial charge in [-0.05, 0) is 24.5 Å². The Morgan fingerprint density at radius 1 is 1.60 bits per heavy atom. The fourth-order valence-corrected chi connectivity index (χ4v) is 0.672. The number of aryl methyl sites for hydroxylation is 1. The van der Waals surface area contributed by atoms with Gasteiger partial charge in [-0.3, -0.25) is 0 Å². The van der Waals surface area contributed by atoms with Crippen molar-refractivity contribution in [2.45, 2.75) is 20.3 Å². The summed E-state index contributed by atoms with van der Waals surface area (Å²) in [6.07, 6.45) is 2.58. The van der Waals surface area contributed by atoms with Crippen LogP contribution in [0.2, 0.25) is 0 Å². The molecule has 0 fully saturated rings. The summed E-state index contributed by atoms with van der Waals surface area (Å²) in [4.78, 5) is 0.